The molecule has 0 saturated carbocycles. The van der Waals surface area contributed by atoms with Crippen molar-refractivity contribution in [3.8, 4) is 0 Å². The molecule has 0 aliphatic carbocycles. The van der Waals surface area contributed by atoms with Crippen molar-refractivity contribution in [1.29, 1.82) is 0 Å². The number of rotatable bonds is 3. The summed E-state index contributed by atoms with van der Waals surface area (Å²) in [5.74, 6) is 0. The molecular formula is C13H14BrCl2N3. The molecule has 2 rings (SSSR count). The quantitative estimate of drug-likeness (QED) is 0.895. The van der Waals surface area contributed by atoms with Gasteiger partial charge in [0.15, 0.2) is 0 Å². The molecule has 1 unspecified atom stereocenters. The lowest BCUT2D eigenvalue weighted by atomic mass is 10.0. The van der Waals surface area contributed by atoms with E-state index in [0.29, 0.717) is 16.5 Å². The highest BCUT2D eigenvalue weighted by atomic mass is 79.9. The Bertz CT molecular complexity index is 610. The van der Waals surface area contributed by atoms with Crippen molar-refractivity contribution in [3.63, 3.8) is 0 Å². The zero-order valence-corrected chi connectivity index (χ0v) is 13.7. The molecule has 6 heteroatoms. The molecule has 0 aliphatic rings. The average molecular weight is 363 g/mol. The maximum Gasteiger partial charge on any atom is 0.0847 e. The van der Waals surface area contributed by atoms with E-state index < -0.39 is 0 Å². The van der Waals surface area contributed by atoms with Crippen molar-refractivity contribution in [2.75, 3.05) is 0 Å². The fraction of sp³-hybridized carbons (Fsp3) is 0.308. The second kappa shape index (κ2) is 5.83. The number of benzene rings is 1. The van der Waals surface area contributed by atoms with E-state index in [1.807, 2.05) is 32.2 Å². The van der Waals surface area contributed by atoms with Crippen molar-refractivity contribution in [3.05, 3.63) is 49.7 Å². The Morgan fingerprint density at radius 2 is 2.11 bits per heavy atom. The minimum atomic E-state index is -0.194. The number of nitrogens with two attached hydrogens (primary N) is 1. The first-order chi connectivity index (χ1) is 8.90. The minimum Gasteiger partial charge on any atom is -0.324 e. The monoisotopic (exact) mass is 361 g/mol. The summed E-state index contributed by atoms with van der Waals surface area (Å²) in [4.78, 5) is 0. The molecule has 2 N–H and O–H groups in total. The van der Waals surface area contributed by atoms with Crippen LogP contribution in [0.25, 0.3) is 0 Å². The summed E-state index contributed by atoms with van der Waals surface area (Å²) in [5, 5.41) is 5.63. The molecule has 1 aromatic heterocycles. The van der Waals surface area contributed by atoms with Crippen LogP contribution in [-0.4, -0.2) is 9.78 Å². The van der Waals surface area contributed by atoms with Crippen LogP contribution in [0.2, 0.25) is 10.0 Å². The van der Waals surface area contributed by atoms with Gasteiger partial charge in [-0.1, -0.05) is 39.1 Å². The van der Waals surface area contributed by atoms with Crippen LogP contribution in [0.5, 0.6) is 0 Å². The Labute approximate surface area is 130 Å². The Morgan fingerprint density at radius 3 is 2.68 bits per heavy atom. The Kier molecular flexibility index (Phi) is 4.56. The fourth-order valence-corrected chi connectivity index (χ4v) is 2.98. The minimum absolute atomic E-state index is 0.194. The highest BCUT2D eigenvalue weighted by molar-refractivity contribution is 9.10. The van der Waals surface area contributed by atoms with Gasteiger partial charge in [0, 0.05) is 29.0 Å². The van der Waals surface area contributed by atoms with E-state index in [-0.39, 0.29) is 6.04 Å². The normalized spacial score (nSPS) is 12.7. The summed E-state index contributed by atoms with van der Waals surface area (Å²) in [6.07, 6.45) is 0.606. The predicted molar refractivity (Wildman–Crippen MR) is 82.7 cm³/mol. The van der Waals surface area contributed by atoms with Gasteiger partial charge < -0.3 is 5.73 Å². The summed E-state index contributed by atoms with van der Waals surface area (Å²) in [7, 11) is 1.87. The molecule has 2 aromatic rings. The second-order valence-electron chi connectivity index (χ2n) is 4.45. The molecular weight excluding hydrogens is 349 g/mol. The van der Waals surface area contributed by atoms with Gasteiger partial charge in [0.1, 0.15) is 0 Å². The first-order valence-corrected chi connectivity index (χ1v) is 7.33. The maximum absolute atomic E-state index is 6.26. The molecule has 19 heavy (non-hydrogen) atoms. The Balaban J connectivity index is 2.30. The van der Waals surface area contributed by atoms with Crippen molar-refractivity contribution < 1.29 is 0 Å². The molecule has 0 aliphatic heterocycles. The molecule has 0 bridgehead atoms. The van der Waals surface area contributed by atoms with Crippen LogP contribution in [0.1, 0.15) is 23.0 Å². The molecule has 3 nitrogen and oxygen atoms in total. The average Bonchev–Trinajstić information content (AvgIpc) is 2.59. The van der Waals surface area contributed by atoms with E-state index >= 15 is 0 Å². The second-order valence-corrected chi connectivity index (χ2v) is 6.11. The number of nitrogens with zero attached hydrogens (tertiary/aromatic N) is 2. The largest absolute Gasteiger partial charge is 0.324 e. The van der Waals surface area contributed by atoms with Crippen LogP contribution in [0, 0.1) is 6.92 Å². The van der Waals surface area contributed by atoms with Gasteiger partial charge in [-0.25, -0.2) is 0 Å². The number of halogens is 3. The van der Waals surface area contributed by atoms with Gasteiger partial charge in [0.25, 0.3) is 0 Å². The fourth-order valence-electron chi connectivity index (χ4n) is 2.02. The third-order valence-electron chi connectivity index (χ3n) is 3.03. The topological polar surface area (TPSA) is 43.8 Å². The van der Waals surface area contributed by atoms with E-state index in [0.717, 1.165) is 21.4 Å². The highest BCUT2D eigenvalue weighted by Crippen LogP contribution is 2.29. The molecule has 0 amide bonds. The van der Waals surface area contributed by atoms with Gasteiger partial charge in [-0.15, -0.1) is 0 Å². The van der Waals surface area contributed by atoms with Crippen molar-refractivity contribution >= 4 is 39.1 Å². The van der Waals surface area contributed by atoms with E-state index in [1.54, 1.807) is 4.68 Å². The highest BCUT2D eigenvalue weighted by Gasteiger charge is 2.17. The lowest BCUT2D eigenvalue weighted by molar-refractivity contribution is 0.638. The van der Waals surface area contributed by atoms with Crippen LogP contribution in [0.15, 0.2) is 22.7 Å². The van der Waals surface area contributed by atoms with Gasteiger partial charge >= 0.3 is 0 Å². The van der Waals surface area contributed by atoms with E-state index in [2.05, 4.69) is 21.0 Å². The third kappa shape index (κ3) is 3.14. The molecule has 0 saturated heterocycles. The molecule has 1 aromatic carbocycles. The van der Waals surface area contributed by atoms with E-state index in [4.69, 9.17) is 28.9 Å². The van der Waals surface area contributed by atoms with Crippen LogP contribution in [0.4, 0.5) is 0 Å². The summed E-state index contributed by atoms with van der Waals surface area (Å²) >= 11 is 15.7. The van der Waals surface area contributed by atoms with Gasteiger partial charge in [-0.2, -0.15) is 5.10 Å². The lowest BCUT2D eigenvalue weighted by Crippen LogP contribution is -2.16. The van der Waals surface area contributed by atoms with Crippen LogP contribution < -0.4 is 5.73 Å². The van der Waals surface area contributed by atoms with E-state index in [9.17, 15) is 0 Å². The van der Waals surface area contributed by atoms with Gasteiger partial charge in [-0.05, 0) is 30.7 Å². The van der Waals surface area contributed by atoms with Crippen molar-refractivity contribution in [1.82, 2.24) is 9.78 Å². The predicted octanol–water partition coefficient (Wildman–Crippen LogP) is 4.04. The Morgan fingerprint density at radius 1 is 1.42 bits per heavy atom. The molecule has 0 fully saturated rings. The maximum atomic E-state index is 6.26. The van der Waals surface area contributed by atoms with Crippen molar-refractivity contribution in [2.45, 2.75) is 19.4 Å². The molecule has 1 atom stereocenters. The van der Waals surface area contributed by atoms with Crippen LogP contribution >= 0.6 is 39.1 Å². The van der Waals surface area contributed by atoms with Crippen LogP contribution in [-0.2, 0) is 13.5 Å². The molecule has 102 valence electrons. The van der Waals surface area contributed by atoms with E-state index in [1.165, 1.54) is 0 Å². The molecule has 0 spiro atoms. The van der Waals surface area contributed by atoms with Gasteiger partial charge in [0.2, 0.25) is 0 Å². The van der Waals surface area contributed by atoms with Crippen molar-refractivity contribution in [2.24, 2.45) is 12.8 Å². The first kappa shape index (κ1) is 14.9. The number of aromatic nitrogens is 2. The molecule has 0 radical (unpaired) electrons. The SMILES string of the molecule is Cc1nn(C)c(CC(N)c2cc(Cl)ccc2Br)c1Cl. The lowest BCUT2D eigenvalue weighted by Gasteiger charge is -2.15. The zero-order valence-electron chi connectivity index (χ0n) is 10.6. The summed E-state index contributed by atoms with van der Waals surface area (Å²) in [6, 6.07) is 5.39. The van der Waals surface area contributed by atoms with Crippen LogP contribution in [0.3, 0.4) is 0 Å². The number of aryl methyl sites for hydroxylation is 2. The zero-order chi connectivity index (χ0) is 14.2. The Hall–Kier alpha value is -0.550. The van der Waals surface area contributed by atoms with Gasteiger partial charge in [-0.3, -0.25) is 4.68 Å². The standard InChI is InChI=1S/C13H14BrCl2N3/c1-7-13(16)12(19(2)18-7)6-11(17)9-5-8(15)3-4-10(9)14/h3-5,11H,6,17H2,1-2H3. The number of hydrogen-bond donors (Lipinski definition) is 1. The third-order valence-corrected chi connectivity index (χ3v) is 4.48. The smallest absolute Gasteiger partial charge is 0.0847 e. The summed E-state index contributed by atoms with van der Waals surface area (Å²) in [5.41, 5.74) is 8.96. The summed E-state index contributed by atoms with van der Waals surface area (Å²) in [6.45, 7) is 1.88. The molecule has 1 heterocycles. The number of hydrogen-bond acceptors (Lipinski definition) is 2. The van der Waals surface area contributed by atoms with Gasteiger partial charge in [0.05, 0.1) is 16.4 Å². The summed E-state index contributed by atoms with van der Waals surface area (Å²) < 4.78 is 2.72. The first-order valence-electron chi connectivity index (χ1n) is 5.78.